The zero-order chi connectivity index (χ0) is 13.8. The van der Waals surface area contributed by atoms with E-state index in [9.17, 15) is 9.59 Å². The largest absolute Gasteiger partial charge is 0.326 e. The third-order valence-electron chi connectivity index (χ3n) is 2.24. The summed E-state index contributed by atoms with van der Waals surface area (Å²) in [6, 6.07) is 10.6. The van der Waals surface area contributed by atoms with Crippen molar-refractivity contribution in [2.24, 2.45) is 0 Å². The fraction of sp³-hybridized carbons (Fsp3) is 0.0769. The van der Waals surface area contributed by atoms with Crippen molar-refractivity contribution in [3.8, 4) is 0 Å². The van der Waals surface area contributed by atoms with Crippen molar-refractivity contribution < 1.29 is 9.59 Å². The van der Waals surface area contributed by atoms with Crippen molar-refractivity contribution in [3.63, 3.8) is 0 Å². The Morgan fingerprint density at radius 3 is 2.37 bits per heavy atom. The van der Waals surface area contributed by atoms with E-state index in [0.29, 0.717) is 16.3 Å². The van der Waals surface area contributed by atoms with Gasteiger partial charge in [-0.15, -0.1) is 11.3 Å². The molecule has 0 aliphatic rings. The molecule has 2 N–H and O–H groups in total. The zero-order valence-corrected chi connectivity index (χ0v) is 12.5. The van der Waals surface area contributed by atoms with E-state index in [1.165, 1.54) is 18.3 Å². The van der Waals surface area contributed by atoms with Crippen LogP contribution in [-0.2, 0) is 4.79 Å². The molecule has 19 heavy (non-hydrogen) atoms. The highest BCUT2D eigenvalue weighted by molar-refractivity contribution is 9.11. The molecule has 1 aromatic carbocycles. The molecule has 2 amide bonds. The molecular weight excluding hydrogens is 328 g/mol. The number of hydrogen-bond donors (Lipinski definition) is 2. The summed E-state index contributed by atoms with van der Waals surface area (Å²) in [5.41, 5.74) is 1.29. The Morgan fingerprint density at radius 2 is 1.79 bits per heavy atom. The van der Waals surface area contributed by atoms with Gasteiger partial charge in [0.05, 0.1) is 8.66 Å². The van der Waals surface area contributed by atoms with Crippen LogP contribution in [0.15, 0.2) is 40.2 Å². The van der Waals surface area contributed by atoms with Crippen LogP contribution in [0.3, 0.4) is 0 Å². The predicted molar refractivity (Wildman–Crippen MR) is 80.7 cm³/mol. The average molecular weight is 339 g/mol. The van der Waals surface area contributed by atoms with Gasteiger partial charge in [-0.05, 0) is 46.3 Å². The van der Waals surface area contributed by atoms with Gasteiger partial charge in [0, 0.05) is 18.3 Å². The molecule has 4 nitrogen and oxygen atoms in total. The lowest BCUT2D eigenvalue weighted by atomic mass is 10.2. The number of carbonyl (C=O) groups excluding carboxylic acids is 2. The lowest BCUT2D eigenvalue weighted by Gasteiger charge is -2.06. The molecule has 0 spiro atoms. The maximum atomic E-state index is 12.0. The number of nitrogens with one attached hydrogen (secondary N) is 2. The number of halogens is 1. The normalized spacial score (nSPS) is 10.0. The highest BCUT2D eigenvalue weighted by atomic mass is 79.9. The summed E-state index contributed by atoms with van der Waals surface area (Å²) >= 11 is 4.68. The monoisotopic (exact) mass is 338 g/mol. The van der Waals surface area contributed by atoms with E-state index in [1.807, 2.05) is 6.07 Å². The summed E-state index contributed by atoms with van der Waals surface area (Å²) in [4.78, 5) is 23.5. The Kier molecular flexibility index (Phi) is 4.34. The number of amides is 2. The van der Waals surface area contributed by atoms with Crippen LogP contribution >= 0.6 is 27.3 Å². The number of thiophene rings is 1. The van der Waals surface area contributed by atoms with Crippen LogP contribution in [0.5, 0.6) is 0 Å². The van der Waals surface area contributed by atoms with Crippen LogP contribution in [0.2, 0.25) is 0 Å². The van der Waals surface area contributed by atoms with E-state index in [1.54, 1.807) is 30.3 Å². The molecule has 98 valence electrons. The van der Waals surface area contributed by atoms with Gasteiger partial charge in [0.2, 0.25) is 5.91 Å². The molecule has 0 aliphatic carbocycles. The second kappa shape index (κ2) is 5.99. The number of anilines is 2. The second-order valence-electron chi connectivity index (χ2n) is 3.82. The molecular formula is C13H11BrN2O2S. The third-order valence-corrected chi connectivity index (χ3v) is 3.86. The average Bonchev–Trinajstić information content (AvgIpc) is 2.75. The molecule has 0 atom stereocenters. The van der Waals surface area contributed by atoms with Crippen molar-refractivity contribution in [1.29, 1.82) is 0 Å². The van der Waals surface area contributed by atoms with Gasteiger partial charge >= 0.3 is 0 Å². The molecule has 0 aliphatic heterocycles. The lowest BCUT2D eigenvalue weighted by Crippen LogP contribution is -2.11. The second-order valence-corrected chi connectivity index (χ2v) is 6.28. The third kappa shape index (κ3) is 3.90. The molecule has 0 unspecified atom stereocenters. The highest BCUT2D eigenvalue weighted by Gasteiger charge is 2.09. The first kappa shape index (κ1) is 13.8. The van der Waals surface area contributed by atoms with Crippen molar-refractivity contribution in [2.75, 3.05) is 10.6 Å². The number of hydrogen-bond acceptors (Lipinski definition) is 3. The standard InChI is InChI=1S/C13H11BrN2O2S/c1-8(17)15-9-3-2-4-10(7-9)16-13(18)11-5-6-12(14)19-11/h2-7H,1H3,(H,15,17)(H,16,18). The maximum absolute atomic E-state index is 12.0. The molecule has 0 saturated carbocycles. The molecule has 1 heterocycles. The van der Waals surface area contributed by atoms with Gasteiger partial charge < -0.3 is 10.6 Å². The summed E-state index contributed by atoms with van der Waals surface area (Å²) in [5, 5.41) is 5.45. The van der Waals surface area contributed by atoms with Crippen LogP contribution in [-0.4, -0.2) is 11.8 Å². The summed E-state index contributed by atoms with van der Waals surface area (Å²) in [5.74, 6) is -0.318. The fourth-order valence-corrected chi connectivity index (χ4v) is 2.79. The molecule has 1 aromatic heterocycles. The van der Waals surface area contributed by atoms with Crippen LogP contribution in [0, 0.1) is 0 Å². The Balaban J connectivity index is 2.10. The highest BCUT2D eigenvalue weighted by Crippen LogP contribution is 2.23. The van der Waals surface area contributed by atoms with E-state index in [-0.39, 0.29) is 11.8 Å². The van der Waals surface area contributed by atoms with Crippen LogP contribution < -0.4 is 10.6 Å². The summed E-state index contributed by atoms with van der Waals surface area (Å²) in [6.45, 7) is 1.44. The first-order valence-electron chi connectivity index (χ1n) is 5.49. The first-order valence-corrected chi connectivity index (χ1v) is 7.10. The Morgan fingerprint density at radius 1 is 1.11 bits per heavy atom. The quantitative estimate of drug-likeness (QED) is 0.895. The Bertz CT molecular complexity index is 625. The van der Waals surface area contributed by atoms with E-state index < -0.39 is 0 Å². The minimum Gasteiger partial charge on any atom is -0.326 e. The smallest absolute Gasteiger partial charge is 0.265 e. The summed E-state index contributed by atoms with van der Waals surface area (Å²) < 4.78 is 0.907. The van der Waals surface area contributed by atoms with Gasteiger partial charge in [-0.2, -0.15) is 0 Å². The minimum absolute atomic E-state index is 0.148. The number of carbonyl (C=O) groups is 2. The van der Waals surface area contributed by atoms with Crippen LogP contribution in [0.25, 0.3) is 0 Å². The topological polar surface area (TPSA) is 58.2 Å². The molecule has 0 bridgehead atoms. The molecule has 2 rings (SSSR count). The molecule has 0 fully saturated rings. The van der Waals surface area contributed by atoms with Crippen molar-refractivity contribution in [2.45, 2.75) is 6.92 Å². The summed E-state index contributed by atoms with van der Waals surface area (Å²) in [6.07, 6.45) is 0. The van der Waals surface area contributed by atoms with E-state index in [4.69, 9.17) is 0 Å². The van der Waals surface area contributed by atoms with Crippen molar-refractivity contribution >= 4 is 50.5 Å². The van der Waals surface area contributed by atoms with E-state index in [2.05, 4.69) is 26.6 Å². The van der Waals surface area contributed by atoms with Gasteiger partial charge in [0.15, 0.2) is 0 Å². The Hall–Kier alpha value is -1.66. The predicted octanol–water partition coefficient (Wildman–Crippen LogP) is 3.72. The maximum Gasteiger partial charge on any atom is 0.265 e. The summed E-state index contributed by atoms with van der Waals surface area (Å²) in [7, 11) is 0. The van der Waals surface area contributed by atoms with Crippen molar-refractivity contribution in [1.82, 2.24) is 0 Å². The van der Waals surface area contributed by atoms with E-state index >= 15 is 0 Å². The SMILES string of the molecule is CC(=O)Nc1cccc(NC(=O)c2ccc(Br)s2)c1. The molecule has 0 saturated heterocycles. The van der Waals surface area contributed by atoms with Gasteiger partial charge in [0.1, 0.15) is 0 Å². The number of rotatable bonds is 3. The van der Waals surface area contributed by atoms with Gasteiger partial charge in [0.25, 0.3) is 5.91 Å². The van der Waals surface area contributed by atoms with Crippen molar-refractivity contribution in [3.05, 3.63) is 45.1 Å². The van der Waals surface area contributed by atoms with Gasteiger partial charge in [-0.1, -0.05) is 6.07 Å². The first-order chi connectivity index (χ1) is 9.04. The Labute approximate surface area is 123 Å². The number of benzene rings is 1. The molecule has 2 aromatic rings. The lowest BCUT2D eigenvalue weighted by molar-refractivity contribution is -0.114. The zero-order valence-electron chi connectivity index (χ0n) is 10.1. The molecule has 6 heteroatoms. The fourth-order valence-electron chi connectivity index (χ4n) is 1.51. The van der Waals surface area contributed by atoms with Crippen LogP contribution in [0.1, 0.15) is 16.6 Å². The minimum atomic E-state index is -0.171. The van der Waals surface area contributed by atoms with Gasteiger partial charge in [-0.25, -0.2) is 0 Å². The van der Waals surface area contributed by atoms with E-state index in [0.717, 1.165) is 3.79 Å². The molecule has 0 radical (unpaired) electrons. The van der Waals surface area contributed by atoms with Crippen LogP contribution in [0.4, 0.5) is 11.4 Å². The van der Waals surface area contributed by atoms with Gasteiger partial charge in [-0.3, -0.25) is 9.59 Å².